The van der Waals surface area contributed by atoms with E-state index in [2.05, 4.69) is 4.90 Å². The molecule has 1 heterocycles. The summed E-state index contributed by atoms with van der Waals surface area (Å²) in [4.78, 5) is 29.2. The van der Waals surface area contributed by atoms with Crippen molar-refractivity contribution in [2.24, 2.45) is 0 Å². The summed E-state index contributed by atoms with van der Waals surface area (Å²) in [6, 6.07) is 23.9. The average molecular weight is 447 g/mol. The number of carbonyl (C=O) groups is 2. The number of rotatable bonds is 7. The first-order valence-electron chi connectivity index (χ1n) is 10.8. The fourth-order valence-corrected chi connectivity index (χ4v) is 3.64. The van der Waals surface area contributed by atoms with Crippen molar-refractivity contribution >= 4 is 17.6 Å². The van der Waals surface area contributed by atoms with Gasteiger partial charge in [0.1, 0.15) is 22.8 Å². The van der Waals surface area contributed by atoms with Crippen LogP contribution in [0.4, 0.5) is 5.69 Å². The number of esters is 1. The number of anilines is 1. The second kappa shape index (κ2) is 10.5. The van der Waals surface area contributed by atoms with Crippen molar-refractivity contribution in [3.05, 3.63) is 84.4 Å². The molecule has 0 atom stereocenters. The van der Waals surface area contributed by atoms with Gasteiger partial charge in [-0.15, -0.1) is 0 Å². The third-order valence-electron chi connectivity index (χ3n) is 5.47. The van der Waals surface area contributed by atoms with Crippen molar-refractivity contribution in [1.29, 1.82) is 0 Å². The Balaban J connectivity index is 1.29. The van der Waals surface area contributed by atoms with Crippen LogP contribution in [0.2, 0.25) is 0 Å². The van der Waals surface area contributed by atoms with Crippen LogP contribution in [0.15, 0.2) is 78.9 Å². The Kier molecular flexibility index (Phi) is 7.09. The SMILES string of the molecule is COc1ccc(N2CCN(C(=O)COC(=O)c3ccccc3Oc3ccccc3)CC2)cc1. The lowest BCUT2D eigenvalue weighted by atomic mass is 10.2. The molecule has 1 aliphatic heterocycles. The summed E-state index contributed by atoms with van der Waals surface area (Å²) in [5.41, 5.74) is 1.36. The van der Waals surface area contributed by atoms with Gasteiger partial charge in [0, 0.05) is 31.9 Å². The smallest absolute Gasteiger partial charge is 0.342 e. The molecule has 1 aliphatic rings. The van der Waals surface area contributed by atoms with Crippen LogP contribution in [0.5, 0.6) is 17.2 Å². The topological polar surface area (TPSA) is 68.3 Å². The van der Waals surface area contributed by atoms with Crippen LogP contribution in [0.1, 0.15) is 10.4 Å². The van der Waals surface area contributed by atoms with Gasteiger partial charge in [0.15, 0.2) is 6.61 Å². The van der Waals surface area contributed by atoms with Crippen LogP contribution in [0, 0.1) is 0 Å². The summed E-state index contributed by atoms with van der Waals surface area (Å²) in [6.45, 7) is 2.24. The van der Waals surface area contributed by atoms with E-state index in [4.69, 9.17) is 14.2 Å². The standard InChI is InChI=1S/C26H26N2O5/c1-31-21-13-11-20(12-14-21)27-15-17-28(18-16-27)25(29)19-32-26(30)23-9-5-6-10-24(23)33-22-7-3-2-4-8-22/h2-14H,15-19H2,1H3. The minimum atomic E-state index is -0.591. The molecule has 33 heavy (non-hydrogen) atoms. The number of ether oxygens (including phenoxy) is 3. The molecular weight excluding hydrogens is 420 g/mol. The first-order valence-corrected chi connectivity index (χ1v) is 10.8. The van der Waals surface area contributed by atoms with Gasteiger partial charge in [-0.25, -0.2) is 4.79 Å². The molecule has 0 radical (unpaired) electrons. The Bertz CT molecular complexity index is 1080. The number of hydrogen-bond acceptors (Lipinski definition) is 6. The van der Waals surface area contributed by atoms with Crippen molar-refractivity contribution in [2.75, 3.05) is 44.8 Å². The van der Waals surface area contributed by atoms with Gasteiger partial charge in [-0.2, -0.15) is 0 Å². The number of para-hydroxylation sites is 2. The van der Waals surface area contributed by atoms with E-state index in [9.17, 15) is 9.59 Å². The zero-order valence-corrected chi connectivity index (χ0v) is 18.5. The third-order valence-corrected chi connectivity index (χ3v) is 5.47. The quantitative estimate of drug-likeness (QED) is 0.511. The lowest BCUT2D eigenvalue weighted by Gasteiger charge is -2.36. The molecule has 0 saturated carbocycles. The van der Waals surface area contributed by atoms with Gasteiger partial charge < -0.3 is 24.0 Å². The second-order valence-electron chi connectivity index (χ2n) is 7.55. The van der Waals surface area contributed by atoms with Crippen molar-refractivity contribution in [3.8, 4) is 17.2 Å². The van der Waals surface area contributed by atoms with Crippen molar-refractivity contribution in [3.63, 3.8) is 0 Å². The molecule has 0 N–H and O–H groups in total. The normalized spacial score (nSPS) is 13.4. The van der Waals surface area contributed by atoms with Crippen LogP contribution < -0.4 is 14.4 Å². The molecule has 0 bridgehead atoms. The molecule has 0 spiro atoms. The fraction of sp³-hybridized carbons (Fsp3) is 0.231. The molecule has 170 valence electrons. The van der Waals surface area contributed by atoms with Crippen LogP contribution in [0.3, 0.4) is 0 Å². The molecule has 0 aliphatic carbocycles. The number of carbonyl (C=O) groups excluding carboxylic acids is 2. The number of hydrogen-bond donors (Lipinski definition) is 0. The van der Waals surface area contributed by atoms with E-state index < -0.39 is 5.97 Å². The van der Waals surface area contributed by atoms with E-state index >= 15 is 0 Å². The largest absolute Gasteiger partial charge is 0.497 e. The molecule has 3 aromatic carbocycles. The van der Waals surface area contributed by atoms with Gasteiger partial charge in [0.2, 0.25) is 0 Å². The van der Waals surface area contributed by atoms with Crippen LogP contribution in [-0.4, -0.2) is 56.7 Å². The van der Waals surface area contributed by atoms with E-state index in [0.29, 0.717) is 37.7 Å². The van der Waals surface area contributed by atoms with Crippen molar-refractivity contribution in [2.45, 2.75) is 0 Å². The van der Waals surface area contributed by atoms with E-state index in [1.807, 2.05) is 42.5 Å². The molecule has 0 aromatic heterocycles. The Morgan fingerprint density at radius 2 is 1.45 bits per heavy atom. The Hall–Kier alpha value is -4.00. The number of amides is 1. The summed E-state index contributed by atoms with van der Waals surface area (Å²) in [6.07, 6.45) is 0. The highest BCUT2D eigenvalue weighted by atomic mass is 16.5. The Morgan fingerprint density at radius 1 is 0.788 bits per heavy atom. The first kappa shape index (κ1) is 22.2. The Morgan fingerprint density at radius 3 is 2.15 bits per heavy atom. The molecule has 3 aromatic rings. The summed E-state index contributed by atoms with van der Waals surface area (Å²) >= 11 is 0. The lowest BCUT2D eigenvalue weighted by Crippen LogP contribution is -2.49. The highest BCUT2D eigenvalue weighted by molar-refractivity contribution is 5.94. The summed E-state index contributed by atoms with van der Waals surface area (Å²) < 4.78 is 16.3. The van der Waals surface area contributed by atoms with Gasteiger partial charge in [0.05, 0.1) is 7.11 Å². The fourth-order valence-electron chi connectivity index (χ4n) is 3.64. The second-order valence-corrected chi connectivity index (χ2v) is 7.55. The van der Waals surface area contributed by atoms with Gasteiger partial charge in [-0.1, -0.05) is 30.3 Å². The molecule has 1 amide bonds. The van der Waals surface area contributed by atoms with Crippen molar-refractivity contribution < 1.29 is 23.8 Å². The highest BCUT2D eigenvalue weighted by Gasteiger charge is 2.23. The van der Waals surface area contributed by atoms with Gasteiger partial charge in [-0.3, -0.25) is 4.79 Å². The van der Waals surface area contributed by atoms with Gasteiger partial charge in [-0.05, 0) is 48.5 Å². The van der Waals surface area contributed by atoms with Crippen LogP contribution >= 0.6 is 0 Å². The average Bonchev–Trinajstić information content (AvgIpc) is 2.88. The minimum Gasteiger partial charge on any atom is -0.497 e. The maximum Gasteiger partial charge on any atom is 0.342 e. The molecule has 1 saturated heterocycles. The molecule has 0 unspecified atom stereocenters. The number of methoxy groups -OCH3 is 1. The van der Waals surface area contributed by atoms with Crippen LogP contribution in [0.25, 0.3) is 0 Å². The van der Waals surface area contributed by atoms with E-state index in [1.54, 1.807) is 48.4 Å². The van der Waals surface area contributed by atoms with Gasteiger partial charge >= 0.3 is 5.97 Å². The summed E-state index contributed by atoms with van der Waals surface area (Å²) in [5, 5.41) is 0. The van der Waals surface area contributed by atoms with E-state index in [0.717, 1.165) is 11.4 Å². The van der Waals surface area contributed by atoms with Crippen LogP contribution in [-0.2, 0) is 9.53 Å². The lowest BCUT2D eigenvalue weighted by molar-refractivity contribution is -0.134. The number of piperazine rings is 1. The van der Waals surface area contributed by atoms with E-state index in [1.165, 1.54) is 0 Å². The van der Waals surface area contributed by atoms with Crippen molar-refractivity contribution in [1.82, 2.24) is 4.90 Å². The third kappa shape index (κ3) is 5.63. The first-order chi connectivity index (χ1) is 16.1. The molecule has 7 heteroatoms. The molecule has 7 nitrogen and oxygen atoms in total. The predicted molar refractivity (Wildman–Crippen MR) is 125 cm³/mol. The number of nitrogens with zero attached hydrogens (tertiary/aromatic N) is 2. The zero-order chi connectivity index (χ0) is 23.0. The summed E-state index contributed by atoms with van der Waals surface area (Å²) in [5.74, 6) is 1.01. The van der Waals surface area contributed by atoms with E-state index in [-0.39, 0.29) is 18.1 Å². The molecule has 1 fully saturated rings. The maximum absolute atomic E-state index is 12.6. The number of benzene rings is 3. The van der Waals surface area contributed by atoms with Gasteiger partial charge in [0.25, 0.3) is 5.91 Å². The minimum absolute atomic E-state index is 0.209. The highest BCUT2D eigenvalue weighted by Crippen LogP contribution is 2.26. The maximum atomic E-state index is 12.6. The molecular formula is C26H26N2O5. The summed E-state index contributed by atoms with van der Waals surface area (Å²) in [7, 11) is 1.64. The monoisotopic (exact) mass is 446 g/mol. The predicted octanol–water partition coefficient (Wildman–Crippen LogP) is 3.99. The Labute approximate surface area is 193 Å². The molecule has 4 rings (SSSR count). The zero-order valence-electron chi connectivity index (χ0n) is 18.5.